The van der Waals surface area contributed by atoms with Crippen LogP contribution in [0, 0.1) is 0 Å². The molecule has 662 valence electrons. The highest BCUT2D eigenvalue weighted by Crippen LogP contribution is 2.49. The minimum atomic E-state index is -5.81. The molecule has 2 saturated heterocycles. The van der Waals surface area contributed by atoms with E-state index in [4.69, 9.17) is 46.9 Å². The Morgan fingerprint density at radius 2 is 0.664 bits per heavy atom. The Morgan fingerprint density at radius 3 is 1.07 bits per heavy atom. The average Bonchev–Trinajstić information content (AvgIpc) is 0.754. The molecule has 1 saturated carbocycles. The zero-order chi connectivity index (χ0) is 82.5. The fraction of sp³-hybridized carbons (Fsp3) is 0.908. The maximum Gasteiger partial charge on any atom is 0.472 e. The largest absolute Gasteiger partial charge is 0.472 e. The fourth-order valence-corrected chi connectivity index (χ4v) is 15.7. The van der Waals surface area contributed by atoms with Gasteiger partial charge >= 0.3 is 31.7 Å². The molecule has 0 spiro atoms. The number of unbranched alkanes of at least 4 members (excludes halogenated alkanes) is 44. The van der Waals surface area contributed by atoms with Gasteiger partial charge in [-0.05, 0) is 77.0 Å². The van der Waals surface area contributed by atoms with Crippen LogP contribution < -0.4 is 0 Å². The average molecular weight is 1640 g/mol. The van der Waals surface area contributed by atoms with E-state index in [0.717, 1.165) is 135 Å². The number of phosphoric ester groups is 1. The van der Waals surface area contributed by atoms with Crippen molar-refractivity contribution in [3.05, 3.63) is 24.3 Å². The Balaban J connectivity index is 1.94. The number of carbonyl (C=O) groups excluding carboxylic acids is 4. The van der Waals surface area contributed by atoms with Crippen LogP contribution in [-0.2, 0) is 70.7 Å². The summed E-state index contributed by atoms with van der Waals surface area (Å²) in [5, 5.41) is 102. The van der Waals surface area contributed by atoms with Crippen LogP contribution in [0.3, 0.4) is 0 Å². The van der Waals surface area contributed by atoms with Crippen molar-refractivity contribution < 1.29 is 122 Å². The zero-order valence-corrected chi connectivity index (χ0v) is 71.1. The first kappa shape index (κ1) is 104. The highest BCUT2D eigenvalue weighted by Gasteiger charge is 2.60. The number of hydrogen-bond donors (Lipinski definition) is 10. The molecule has 0 aromatic carbocycles. The second-order valence-corrected chi connectivity index (χ2v) is 33.5. The summed E-state index contributed by atoms with van der Waals surface area (Å²) in [6.07, 6.45) is 24.9. The topological polar surface area (TPSA) is 380 Å². The predicted octanol–water partition coefficient (Wildman–Crippen LogP) is 15.8. The van der Waals surface area contributed by atoms with E-state index < -0.39 is 162 Å². The number of phosphoric acid groups is 1. The molecule has 18 unspecified atom stereocenters. The second kappa shape index (κ2) is 66.7. The lowest BCUT2D eigenvalue weighted by Crippen LogP contribution is -2.70. The van der Waals surface area contributed by atoms with Gasteiger partial charge in [0.15, 0.2) is 24.8 Å². The molecule has 3 rings (SSSR count). The Bertz CT molecular complexity index is 2460. The highest BCUT2D eigenvalue weighted by molar-refractivity contribution is 7.47. The van der Waals surface area contributed by atoms with Crippen molar-refractivity contribution in [2.45, 2.75) is 479 Å². The molecule has 18 atom stereocenters. The quantitative estimate of drug-likeness (QED) is 0.00889. The lowest BCUT2D eigenvalue weighted by molar-refractivity contribution is -0.360. The molecular formula is C87H159O25P. The second-order valence-electron chi connectivity index (χ2n) is 32.1. The number of carbonyl (C=O) groups is 4. The van der Waals surface area contributed by atoms with E-state index in [1.165, 1.54) is 141 Å². The summed E-state index contributed by atoms with van der Waals surface area (Å²) in [5.74, 6) is -2.99. The molecule has 10 N–H and O–H groups in total. The lowest BCUT2D eigenvalue weighted by Gasteiger charge is -2.50. The van der Waals surface area contributed by atoms with Gasteiger partial charge in [0.05, 0.1) is 13.2 Å². The maximum absolute atomic E-state index is 14.9. The smallest absolute Gasteiger partial charge is 0.463 e. The summed E-state index contributed by atoms with van der Waals surface area (Å²) in [6, 6.07) is 0. The van der Waals surface area contributed by atoms with Gasteiger partial charge in [-0.1, -0.05) is 296 Å². The van der Waals surface area contributed by atoms with Crippen LogP contribution in [0.15, 0.2) is 24.3 Å². The summed E-state index contributed by atoms with van der Waals surface area (Å²) in [5.41, 5.74) is 0. The van der Waals surface area contributed by atoms with E-state index in [1.54, 1.807) is 0 Å². The van der Waals surface area contributed by atoms with Gasteiger partial charge in [-0.3, -0.25) is 28.2 Å². The van der Waals surface area contributed by atoms with Crippen molar-refractivity contribution in [2.75, 3.05) is 26.4 Å². The number of aliphatic hydroxyl groups is 9. The summed E-state index contributed by atoms with van der Waals surface area (Å²) in [7, 11) is -5.81. The minimum absolute atomic E-state index is 0.0155. The van der Waals surface area contributed by atoms with Crippen LogP contribution >= 0.6 is 7.82 Å². The van der Waals surface area contributed by atoms with Crippen LogP contribution in [0.25, 0.3) is 0 Å². The Morgan fingerprint density at radius 1 is 0.345 bits per heavy atom. The van der Waals surface area contributed by atoms with Crippen LogP contribution in [0.5, 0.6) is 0 Å². The lowest BCUT2D eigenvalue weighted by atomic mass is 9.84. The molecule has 3 fully saturated rings. The molecule has 0 radical (unpaired) electrons. The number of aliphatic hydroxyl groups excluding tert-OH is 9. The van der Waals surface area contributed by atoms with Crippen molar-refractivity contribution >= 4 is 31.7 Å². The van der Waals surface area contributed by atoms with Crippen molar-refractivity contribution in [1.29, 1.82) is 0 Å². The van der Waals surface area contributed by atoms with E-state index in [2.05, 4.69) is 52.0 Å². The molecule has 1 aliphatic carbocycles. The summed E-state index contributed by atoms with van der Waals surface area (Å²) < 4.78 is 73.2. The Kier molecular flexibility index (Phi) is 61.5. The van der Waals surface area contributed by atoms with E-state index in [1.807, 2.05) is 0 Å². The summed E-state index contributed by atoms with van der Waals surface area (Å²) in [6.45, 7) is 5.54. The number of esters is 4. The van der Waals surface area contributed by atoms with Crippen molar-refractivity contribution in [3.63, 3.8) is 0 Å². The molecule has 0 aromatic rings. The van der Waals surface area contributed by atoms with Gasteiger partial charge in [-0.25, -0.2) is 4.57 Å². The van der Waals surface area contributed by atoms with E-state index in [-0.39, 0.29) is 32.1 Å². The Hall–Kier alpha value is -3.05. The van der Waals surface area contributed by atoms with Crippen LogP contribution in [0.1, 0.15) is 374 Å². The molecule has 2 aliphatic heterocycles. The molecule has 25 nitrogen and oxygen atoms in total. The third-order valence-electron chi connectivity index (χ3n) is 21.9. The normalized spacial score (nSPS) is 25.6. The van der Waals surface area contributed by atoms with Gasteiger partial charge in [0.25, 0.3) is 0 Å². The Labute approximate surface area is 679 Å². The van der Waals surface area contributed by atoms with Crippen LogP contribution in [0.4, 0.5) is 0 Å². The van der Waals surface area contributed by atoms with E-state index in [9.17, 15) is 74.6 Å². The molecule has 0 aromatic heterocycles. The molecule has 2 heterocycles. The number of ether oxygens (including phenoxy) is 8. The first-order chi connectivity index (χ1) is 54.7. The van der Waals surface area contributed by atoms with Crippen molar-refractivity contribution in [3.8, 4) is 0 Å². The minimum Gasteiger partial charge on any atom is -0.463 e. The summed E-state index contributed by atoms with van der Waals surface area (Å²) in [4.78, 5) is 66.3. The molecule has 0 amide bonds. The van der Waals surface area contributed by atoms with Gasteiger partial charge in [0.2, 0.25) is 0 Å². The van der Waals surface area contributed by atoms with Gasteiger partial charge in [0, 0.05) is 25.7 Å². The van der Waals surface area contributed by atoms with Gasteiger partial charge in [0.1, 0.15) is 92.6 Å². The van der Waals surface area contributed by atoms with Crippen molar-refractivity contribution in [1.82, 2.24) is 0 Å². The molecule has 0 bridgehead atoms. The SMILES string of the molecule is CCCCCC/C=C\CCCCCCCCCC(=O)OC(COC(=O)CCCCCCCCCCCCCCC)COP(=O)(O)OC1C(OC2OC(CO)C(O)C(O)C2O)C(O)C(O)C(OC(=O)CCCCC/C=C\CCCCCCCC)C1OC1OC(COC(=O)CCCCCCCCCCCCCCC)C(O)C(O)C1O. The number of hydrogen-bond acceptors (Lipinski definition) is 24. The molecular weight excluding hydrogens is 1480 g/mol. The maximum atomic E-state index is 14.9. The molecule has 113 heavy (non-hydrogen) atoms. The first-order valence-corrected chi connectivity index (χ1v) is 46.6. The standard InChI is InChI=1S/C87H159O25P/c1-5-9-13-17-21-25-29-33-34-38-42-45-49-53-57-61-72(91)106-67(64-103-70(89)59-55-51-47-43-39-35-30-26-22-18-14-10-6-2)65-105-113(101,102)112-85-83(110-86-80(99)76(95)74(93)68(63-88)107-86)79(98)78(97)82(109-73(92)62-58-54-50-46-41-37-32-28-24-20-16-12-8-4)84(85)111-87-81(100)77(96)75(94)69(108-87)66-104-71(90)60-56-52-48-44-40-36-31-27-23-19-15-11-7-3/h25,29,37,41,67-69,74-88,93-100H,5-24,26-28,30-36,38-40,42-66H2,1-4H3,(H,101,102)/b29-25-,41-37-. The number of allylic oxidation sites excluding steroid dienone is 4. The van der Waals surface area contributed by atoms with Gasteiger partial charge in [-0.15, -0.1) is 0 Å². The van der Waals surface area contributed by atoms with E-state index >= 15 is 0 Å². The van der Waals surface area contributed by atoms with Gasteiger partial charge in [-0.2, -0.15) is 0 Å². The molecule has 3 aliphatic rings. The zero-order valence-electron chi connectivity index (χ0n) is 70.2. The van der Waals surface area contributed by atoms with Crippen LogP contribution in [0.2, 0.25) is 0 Å². The van der Waals surface area contributed by atoms with Crippen molar-refractivity contribution in [2.24, 2.45) is 0 Å². The fourth-order valence-electron chi connectivity index (χ4n) is 14.7. The van der Waals surface area contributed by atoms with Crippen LogP contribution in [-0.4, -0.2) is 205 Å². The number of rotatable bonds is 72. The first-order valence-electron chi connectivity index (χ1n) is 45.1. The van der Waals surface area contributed by atoms with Gasteiger partial charge < -0.3 is 88.7 Å². The monoisotopic (exact) mass is 1640 g/mol. The third-order valence-corrected chi connectivity index (χ3v) is 22.9. The third kappa shape index (κ3) is 47.5. The predicted molar refractivity (Wildman–Crippen MR) is 435 cm³/mol. The summed E-state index contributed by atoms with van der Waals surface area (Å²) >= 11 is 0. The molecule has 26 heteroatoms. The highest BCUT2D eigenvalue weighted by atomic mass is 31.2. The van der Waals surface area contributed by atoms with E-state index in [0.29, 0.717) is 38.5 Å².